The van der Waals surface area contributed by atoms with Crippen molar-refractivity contribution in [2.75, 3.05) is 5.75 Å². The molecule has 0 atom stereocenters. The number of halogens is 2. The Hall–Kier alpha value is -2.22. The van der Waals surface area contributed by atoms with E-state index >= 15 is 0 Å². The molecule has 3 rings (SSSR count). The molecule has 0 aliphatic rings. The molecular weight excluding hydrogens is 407 g/mol. The maximum atomic E-state index is 12.1. The number of furan rings is 1. The average molecular weight is 423 g/mol. The second-order valence-corrected chi connectivity index (χ2v) is 7.24. The lowest BCUT2D eigenvalue weighted by atomic mass is 10.2. The zero-order chi connectivity index (χ0) is 19.2. The monoisotopic (exact) mass is 422 g/mol. The van der Waals surface area contributed by atoms with Crippen LogP contribution in [-0.2, 0) is 17.9 Å². The highest BCUT2D eigenvalue weighted by Crippen LogP contribution is 2.29. The van der Waals surface area contributed by atoms with Crippen molar-refractivity contribution >= 4 is 40.9 Å². The van der Waals surface area contributed by atoms with Crippen molar-refractivity contribution in [1.29, 1.82) is 0 Å². The average Bonchev–Trinajstić information content (AvgIpc) is 3.31. The molecule has 1 aromatic carbocycles. The zero-order valence-corrected chi connectivity index (χ0v) is 16.5. The van der Waals surface area contributed by atoms with E-state index in [1.807, 2.05) is 10.6 Å². The Bertz CT molecular complexity index is 941. The molecule has 0 spiro atoms. The molecule has 2 heterocycles. The number of rotatable bonds is 8. The van der Waals surface area contributed by atoms with Gasteiger partial charge in [0.05, 0.1) is 28.6 Å². The largest absolute Gasteiger partial charge is 0.467 e. The van der Waals surface area contributed by atoms with Crippen LogP contribution in [0.5, 0.6) is 0 Å². The summed E-state index contributed by atoms with van der Waals surface area (Å²) in [5, 5.41) is 12.8. The van der Waals surface area contributed by atoms with E-state index in [1.165, 1.54) is 11.8 Å². The van der Waals surface area contributed by atoms with Crippen LogP contribution in [0.15, 0.2) is 58.8 Å². The summed E-state index contributed by atoms with van der Waals surface area (Å²) in [7, 11) is 0. The molecule has 0 aliphatic carbocycles. The number of hydrogen-bond donors (Lipinski definition) is 1. The molecule has 6 nitrogen and oxygen atoms in total. The fourth-order valence-electron chi connectivity index (χ4n) is 2.32. The number of carbonyl (C=O) groups excluding carboxylic acids is 1. The SMILES string of the molecule is C=CCn1c(SCC(=O)NCc2ccco2)nnc1-c1ccc(Cl)c(Cl)c1. The van der Waals surface area contributed by atoms with Gasteiger partial charge >= 0.3 is 0 Å². The van der Waals surface area contributed by atoms with Gasteiger partial charge in [-0.15, -0.1) is 16.8 Å². The lowest BCUT2D eigenvalue weighted by Crippen LogP contribution is -2.24. The molecule has 27 heavy (non-hydrogen) atoms. The molecule has 9 heteroatoms. The van der Waals surface area contributed by atoms with E-state index in [1.54, 1.807) is 36.6 Å². The van der Waals surface area contributed by atoms with E-state index in [-0.39, 0.29) is 11.7 Å². The van der Waals surface area contributed by atoms with Crippen LogP contribution in [-0.4, -0.2) is 26.4 Å². The van der Waals surface area contributed by atoms with Crippen molar-refractivity contribution in [2.45, 2.75) is 18.2 Å². The van der Waals surface area contributed by atoms with Gasteiger partial charge in [0.25, 0.3) is 0 Å². The lowest BCUT2D eigenvalue weighted by Gasteiger charge is -2.08. The first kappa shape index (κ1) is 19.5. The van der Waals surface area contributed by atoms with E-state index in [0.717, 1.165) is 5.56 Å². The molecule has 140 valence electrons. The summed E-state index contributed by atoms with van der Waals surface area (Å²) >= 11 is 13.4. The van der Waals surface area contributed by atoms with Gasteiger partial charge in [-0.1, -0.05) is 41.0 Å². The number of nitrogens with one attached hydrogen (secondary N) is 1. The molecule has 1 amide bonds. The summed E-state index contributed by atoms with van der Waals surface area (Å²) in [5.41, 5.74) is 0.785. The fourth-order valence-corrected chi connectivity index (χ4v) is 3.39. The second-order valence-electron chi connectivity index (χ2n) is 5.48. The van der Waals surface area contributed by atoms with Crippen molar-refractivity contribution < 1.29 is 9.21 Å². The molecule has 0 saturated carbocycles. The first-order valence-electron chi connectivity index (χ1n) is 8.00. The first-order chi connectivity index (χ1) is 13.1. The molecule has 0 aliphatic heterocycles. The van der Waals surface area contributed by atoms with Gasteiger partial charge in [0.2, 0.25) is 5.91 Å². The lowest BCUT2D eigenvalue weighted by molar-refractivity contribution is -0.118. The molecule has 3 aromatic rings. The number of nitrogens with zero attached hydrogens (tertiary/aromatic N) is 3. The minimum absolute atomic E-state index is 0.124. The number of thioether (sulfide) groups is 1. The van der Waals surface area contributed by atoms with Crippen LogP contribution in [0.2, 0.25) is 10.0 Å². The van der Waals surface area contributed by atoms with Crippen molar-refractivity contribution in [1.82, 2.24) is 20.1 Å². The molecule has 2 aromatic heterocycles. The molecule has 0 bridgehead atoms. The maximum absolute atomic E-state index is 12.1. The quantitative estimate of drug-likeness (QED) is 0.429. The summed E-state index contributed by atoms with van der Waals surface area (Å²) in [5.74, 6) is 1.41. The Morgan fingerprint density at radius 2 is 2.15 bits per heavy atom. The van der Waals surface area contributed by atoms with Crippen LogP contribution in [0.25, 0.3) is 11.4 Å². The third kappa shape index (κ3) is 4.94. The Kier molecular flexibility index (Phi) is 6.60. The molecule has 0 fully saturated rings. The topological polar surface area (TPSA) is 73.0 Å². The van der Waals surface area contributed by atoms with Crippen molar-refractivity contribution in [3.63, 3.8) is 0 Å². The van der Waals surface area contributed by atoms with Crippen LogP contribution in [0.4, 0.5) is 0 Å². The van der Waals surface area contributed by atoms with Crippen molar-refractivity contribution in [3.05, 3.63) is 65.1 Å². The summed E-state index contributed by atoms with van der Waals surface area (Å²) in [6.45, 7) is 4.62. The van der Waals surface area contributed by atoms with Gasteiger partial charge in [0.15, 0.2) is 11.0 Å². The standard InChI is InChI=1S/C18H16Cl2N4O2S/c1-2-7-24-17(12-5-6-14(19)15(20)9-12)22-23-18(24)27-11-16(25)21-10-13-4-3-8-26-13/h2-6,8-9H,1,7,10-11H2,(H,21,25). The molecule has 0 unspecified atom stereocenters. The first-order valence-corrected chi connectivity index (χ1v) is 9.74. The fraction of sp³-hybridized carbons (Fsp3) is 0.167. The number of carbonyl (C=O) groups is 1. The third-order valence-corrected chi connectivity index (χ3v) is 5.28. The smallest absolute Gasteiger partial charge is 0.230 e. The number of aromatic nitrogens is 3. The van der Waals surface area contributed by atoms with Crippen LogP contribution >= 0.6 is 35.0 Å². The summed E-state index contributed by atoms with van der Waals surface area (Å²) < 4.78 is 7.06. The summed E-state index contributed by atoms with van der Waals surface area (Å²) in [4.78, 5) is 12.1. The molecule has 0 radical (unpaired) electrons. The number of hydrogen-bond acceptors (Lipinski definition) is 5. The minimum Gasteiger partial charge on any atom is -0.467 e. The highest BCUT2D eigenvalue weighted by atomic mass is 35.5. The minimum atomic E-state index is -0.124. The molecule has 1 N–H and O–H groups in total. The Morgan fingerprint density at radius 3 is 2.85 bits per heavy atom. The van der Waals surface area contributed by atoms with Gasteiger partial charge in [0.1, 0.15) is 5.76 Å². The van der Waals surface area contributed by atoms with Crippen LogP contribution in [0.1, 0.15) is 5.76 Å². The maximum Gasteiger partial charge on any atom is 0.230 e. The van der Waals surface area contributed by atoms with Gasteiger partial charge < -0.3 is 9.73 Å². The summed E-state index contributed by atoms with van der Waals surface area (Å²) in [6, 6.07) is 8.84. The molecule has 0 saturated heterocycles. The van der Waals surface area contributed by atoms with Gasteiger partial charge in [-0.25, -0.2) is 0 Å². The second kappa shape index (κ2) is 9.12. The zero-order valence-electron chi connectivity index (χ0n) is 14.2. The van der Waals surface area contributed by atoms with Crippen LogP contribution in [0.3, 0.4) is 0 Å². The van der Waals surface area contributed by atoms with E-state index in [9.17, 15) is 4.79 Å². The van der Waals surface area contributed by atoms with E-state index < -0.39 is 0 Å². The highest BCUT2D eigenvalue weighted by molar-refractivity contribution is 7.99. The third-order valence-electron chi connectivity index (χ3n) is 3.58. The number of benzene rings is 1. The van der Waals surface area contributed by atoms with E-state index in [2.05, 4.69) is 22.1 Å². The Morgan fingerprint density at radius 1 is 1.30 bits per heavy atom. The summed E-state index contributed by atoms with van der Waals surface area (Å²) in [6.07, 6.45) is 3.31. The van der Waals surface area contributed by atoms with Gasteiger partial charge in [-0.3, -0.25) is 9.36 Å². The number of allylic oxidation sites excluding steroid dienone is 1. The highest BCUT2D eigenvalue weighted by Gasteiger charge is 2.16. The van der Waals surface area contributed by atoms with Gasteiger partial charge in [-0.05, 0) is 30.3 Å². The van der Waals surface area contributed by atoms with Gasteiger partial charge in [-0.2, -0.15) is 0 Å². The predicted octanol–water partition coefficient (Wildman–Crippen LogP) is 4.44. The predicted molar refractivity (Wildman–Crippen MR) is 107 cm³/mol. The molecular formula is C18H16Cl2N4O2S. The van der Waals surface area contributed by atoms with Crippen molar-refractivity contribution in [3.8, 4) is 11.4 Å². The normalized spacial score (nSPS) is 10.7. The van der Waals surface area contributed by atoms with E-state index in [4.69, 9.17) is 27.6 Å². The van der Waals surface area contributed by atoms with Crippen LogP contribution < -0.4 is 5.32 Å². The van der Waals surface area contributed by atoms with Crippen LogP contribution in [0, 0.1) is 0 Å². The van der Waals surface area contributed by atoms with Crippen molar-refractivity contribution in [2.24, 2.45) is 0 Å². The Balaban J connectivity index is 1.69. The number of amides is 1. The van der Waals surface area contributed by atoms with Gasteiger partial charge in [0, 0.05) is 12.1 Å². The Labute approximate surface area is 170 Å². The van der Waals surface area contributed by atoms with E-state index in [0.29, 0.717) is 39.9 Å².